The molecule has 4 aromatic rings. The summed E-state index contributed by atoms with van der Waals surface area (Å²) < 4.78 is 40.8. The van der Waals surface area contributed by atoms with Crippen molar-refractivity contribution in [3.8, 4) is 23.3 Å². The maximum Gasteiger partial charge on any atom is 0.265 e. The highest BCUT2D eigenvalue weighted by molar-refractivity contribution is 7.98. The first kappa shape index (κ1) is 30.5. The first-order valence-corrected chi connectivity index (χ1v) is 16.5. The number of halogens is 2. The molecule has 7 rings (SSSR count). The second-order valence-corrected chi connectivity index (χ2v) is 13.2. The zero-order valence-electron chi connectivity index (χ0n) is 25.3. The second kappa shape index (κ2) is 12.9. The summed E-state index contributed by atoms with van der Waals surface area (Å²) in [6.07, 6.45) is 5.97. The van der Waals surface area contributed by atoms with Crippen LogP contribution in [0.15, 0.2) is 65.7 Å². The van der Waals surface area contributed by atoms with Gasteiger partial charge in [0.1, 0.15) is 29.9 Å². The van der Waals surface area contributed by atoms with Crippen LogP contribution in [-0.2, 0) is 0 Å². The molecule has 9 nitrogen and oxygen atoms in total. The summed E-state index contributed by atoms with van der Waals surface area (Å²) >= 11 is 1.17. The molecule has 2 N–H and O–H groups in total. The largest absolute Gasteiger partial charge is 0.453 e. The molecular formula is C34H35F2N7O2S. The molecule has 3 fully saturated rings. The van der Waals surface area contributed by atoms with Gasteiger partial charge in [-0.25, -0.2) is 18.1 Å². The van der Waals surface area contributed by atoms with Crippen LogP contribution in [0.2, 0.25) is 0 Å². The Morgan fingerprint density at radius 1 is 1.02 bits per heavy atom. The fourth-order valence-electron chi connectivity index (χ4n) is 6.72. The molecule has 3 saturated heterocycles. The Balaban J connectivity index is 1.09. The highest BCUT2D eigenvalue weighted by Crippen LogP contribution is 2.41. The molecule has 0 amide bonds. The monoisotopic (exact) mass is 643 g/mol. The van der Waals surface area contributed by atoms with Gasteiger partial charge in [-0.2, -0.15) is 5.26 Å². The molecule has 0 bridgehead atoms. The maximum atomic E-state index is 15.0. The number of hydrogen-bond donors (Lipinski definition) is 2. The lowest BCUT2D eigenvalue weighted by Crippen LogP contribution is -2.45. The average Bonchev–Trinajstić information content (AvgIpc) is 3.51. The molecule has 3 aliphatic rings. The van der Waals surface area contributed by atoms with Gasteiger partial charge in [0.25, 0.3) is 5.56 Å². The van der Waals surface area contributed by atoms with Gasteiger partial charge in [-0.15, -0.1) is 0 Å². The van der Waals surface area contributed by atoms with E-state index in [1.54, 1.807) is 12.1 Å². The summed E-state index contributed by atoms with van der Waals surface area (Å²) in [5, 5.41) is 13.7. The summed E-state index contributed by atoms with van der Waals surface area (Å²) in [7, 11) is 0. The maximum absolute atomic E-state index is 15.0. The zero-order valence-corrected chi connectivity index (χ0v) is 26.2. The number of ether oxygens (including phenoxy) is 1. The number of aromatic nitrogens is 2. The predicted molar refractivity (Wildman–Crippen MR) is 177 cm³/mol. The van der Waals surface area contributed by atoms with Gasteiger partial charge in [-0.1, -0.05) is 0 Å². The first-order valence-electron chi connectivity index (χ1n) is 15.7. The fraction of sp³-hybridized carbons (Fsp3) is 0.382. The third-order valence-electron chi connectivity index (χ3n) is 9.53. The number of fused-ring (bicyclic) bond motifs is 1. The Morgan fingerprint density at radius 2 is 1.78 bits per heavy atom. The van der Waals surface area contributed by atoms with Crippen molar-refractivity contribution in [3.63, 3.8) is 0 Å². The van der Waals surface area contributed by atoms with Crippen molar-refractivity contribution in [2.24, 2.45) is 5.41 Å². The molecule has 1 aromatic heterocycles. The summed E-state index contributed by atoms with van der Waals surface area (Å²) in [5.41, 5.74) is 2.79. The molecule has 12 heteroatoms. The summed E-state index contributed by atoms with van der Waals surface area (Å²) in [5.74, 6) is -0.794. The number of nitriles is 1. The van der Waals surface area contributed by atoms with Crippen molar-refractivity contribution < 1.29 is 13.5 Å². The summed E-state index contributed by atoms with van der Waals surface area (Å²) in [6, 6.07) is 17.4. The van der Waals surface area contributed by atoms with Crippen LogP contribution < -0.4 is 25.2 Å². The Bertz CT molecular complexity index is 1830. The molecule has 4 heterocycles. The Labute approximate surface area is 270 Å². The van der Waals surface area contributed by atoms with Gasteiger partial charge in [-0.05, 0) is 105 Å². The van der Waals surface area contributed by atoms with E-state index in [1.165, 1.54) is 66.9 Å². The van der Waals surface area contributed by atoms with E-state index in [1.807, 2.05) is 22.5 Å². The molecule has 3 aromatic carbocycles. The first-order chi connectivity index (χ1) is 22.4. The van der Waals surface area contributed by atoms with Crippen molar-refractivity contribution in [3.05, 3.63) is 82.7 Å². The van der Waals surface area contributed by atoms with Gasteiger partial charge in [0, 0.05) is 44.0 Å². The van der Waals surface area contributed by atoms with Gasteiger partial charge in [0.05, 0.1) is 22.3 Å². The molecule has 46 heavy (non-hydrogen) atoms. The Morgan fingerprint density at radius 3 is 2.50 bits per heavy atom. The number of hydrogen-bond acceptors (Lipinski definition) is 9. The molecule has 0 aliphatic carbocycles. The SMILES string of the molecule is N#Cc1c(NSN2CCC(F)C2)ccc(F)c1Oc1ccc2ncn(-c3ccc(N4CCC5(CCNCC5)CC4)cc3)c(=O)c2c1. The van der Waals surface area contributed by atoms with Crippen molar-refractivity contribution in [2.75, 3.05) is 48.9 Å². The van der Waals surface area contributed by atoms with E-state index in [9.17, 15) is 18.8 Å². The van der Waals surface area contributed by atoms with Crippen LogP contribution in [0.3, 0.4) is 0 Å². The predicted octanol–water partition coefficient (Wildman–Crippen LogP) is 6.18. The minimum Gasteiger partial charge on any atom is -0.453 e. The molecule has 0 saturated carbocycles. The third-order valence-corrected chi connectivity index (χ3v) is 10.4. The molecular weight excluding hydrogens is 608 g/mol. The van der Waals surface area contributed by atoms with E-state index in [-0.39, 0.29) is 29.2 Å². The van der Waals surface area contributed by atoms with Gasteiger partial charge >= 0.3 is 0 Å². The van der Waals surface area contributed by atoms with Crippen LogP contribution in [-0.4, -0.2) is 59.3 Å². The highest BCUT2D eigenvalue weighted by Gasteiger charge is 2.35. The summed E-state index contributed by atoms with van der Waals surface area (Å²) in [6.45, 7) is 5.12. The number of piperidine rings is 2. The quantitative estimate of drug-likeness (QED) is 0.229. The topological polar surface area (TPSA) is 98.5 Å². The molecule has 1 atom stereocenters. The number of anilines is 2. The van der Waals surface area contributed by atoms with E-state index in [0.29, 0.717) is 40.7 Å². The van der Waals surface area contributed by atoms with Crippen LogP contribution in [0.4, 0.5) is 20.2 Å². The number of benzene rings is 3. The number of nitrogens with one attached hydrogen (secondary N) is 2. The second-order valence-electron chi connectivity index (χ2n) is 12.3. The van der Waals surface area contributed by atoms with E-state index < -0.39 is 12.0 Å². The Hall–Kier alpha value is -4.18. The molecule has 0 radical (unpaired) electrons. The number of rotatable bonds is 7. The van der Waals surface area contributed by atoms with Crippen molar-refractivity contribution in [2.45, 2.75) is 38.3 Å². The van der Waals surface area contributed by atoms with Gasteiger partial charge in [0.15, 0.2) is 11.6 Å². The number of alkyl halides is 1. The van der Waals surface area contributed by atoms with E-state index >= 15 is 0 Å². The lowest BCUT2D eigenvalue weighted by Gasteiger charge is -2.45. The van der Waals surface area contributed by atoms with Gasteiger partial charge in [0.2, 0.25) is 0 Å². The van der Waals surface area contributed by atoms with Crippen molar-refractivity contribution in [1.82, 2.24) is 19.2 Å². The third kappa shape index (κ3) is 6.15. The minimum absolute atomic E-state index is 0.0353. The fourth-order valence-corrected chi connectivity index (χ4v) is 7.55. The molecule has 238 valence electrons. The van der Waals surface area contributed by atoms with Crippen LogP contribution in [0.1, 0.15) is 37.7 Å². The van der Waals surface area contributed by atoms with E-state index in [2.05, 4.69) is 32.1 Å². The van der Waals surface area contributed by atoms with Crippen molar-refractivity contribution in [1.29, 1.82) is 5.26 Å². The minimum atomic E-state index is -0.894. The average molecular weight is 644 g/mol. The van der Waals surface area contributed by atoms with E-state index in [4.69, 9.17) is 4.74 Å². The zero-order chi connectivity index (χ0) is 31.7. The molecule has 3 aliphatic heterocycles. The Kier molecular flexibility index (Phi) is 8.55. The normalized spacial score (nSPS) is 19.8. The van der Waals surface area contributed by atoms with Crippen molar-refractivity contribution >= 4 is 34.4 Å². The number of nitrogens with zero attached hydrogens (tertiary/aromatic N) is 5. The van der Waals surface area contributed by atoms with Crippen LogP contribution in [0, 0.1) is 22.6 Å². The standard InChI is InChI=1S/C34H35F2N7O2S/c35-23-9-16-42(21-23)46-40-31-8-6-29(36)32(28(31)20-37)45-26-5-7-30-27(19-26)33(44)43(22-39-30)25-3-1-24(2-4-25)41-17-12-34(13-18-41)10-14-38-15-11-34/h1-8,19,22-23,38,40H,9-18,21H2. The molecule has 1 unspecified atom stereocenters. The lowest BCUT2D eigenvalue weighted by atomic mass is 9.71. The van der Waals surface area contributed by atoms with Gasteiger partial charge < -0.3 is 19.7 Å². The summed E-state index contributed by atoms with van der Waals surface area (Å²) in [4.78, 5) is 20.6. The van der Waals surface area contributed by atoms with E-state index in [0.717, 1.165) is 31.9 Å². The smallest absolute Gasteiger partial charge is 0.265 e. The molecule has 1 spiro atoms. The van der Waals surface area contributed by atoms with Gasteiger partial charge in [-0.3, -0.25) is 9.36 Å². The van der Waals surface area contributed by atoms with Crippen LogP contribution >= 0.6 is 12.1 Å². The van der Waals surface area contributed by atoms with Crippen LogP contribution in [0.5, 0.6) is 11.5 Å². The van der Waals surface area contributed by atoms with Crippen LogP contribution in [0.25, 0.3) is 16.6 Å². The highest BCUT2D eigenvalue weighted by atomic mass is 32.2. The lowest BCUT2D eigenvalue weighted by molar-refractivity contribution is 0.155.